The summed E-state index contributed by atoms with van der Waals surface area (Å²) in [7, 11) is 0. The summed E-state index contributed by atoms with van der Waals surface area (Å²) in [6.07, 6.45) is 0.877. The van der Waals surface area contributed by atoms with Crippen molar-refractivity contribution in [3.63, 3.8) is 0 Å². The third-order valence-corrected chi connectivity index (χ3v) is 4.19. The Bertz CT molecular complexity index is 671. The topological polar surface area (TPSA) is 18.5 Å². The molecule has 1 heterocycles. The predicted molar refractivity (Wildman–Crippen MR) is 86.0 cm³/mol. The van der Waals surface area contributed by atoms with Gasteiger partial charge in [-0.15, -0.1) is 11.6 Å². The third-order valence-electron chi connectivity index (χ3n) is 3.39. The van der Waals surface area contributed by atoms with Crippen LogP contribution in [-0.2, 0) is 18.9 Å². The van der Waals surface area contributed by atoms with Gasteiger partial charge in [-0.05, 0) is 23.8 Å². The smallest absolute Gasteiger partial charge is 0.142 e. The third kappa shape index (κ3) is 3.08. The zero-order valence-electron chi connectivity index (χ0n) is 11.2. The molecule has 0 saturated heterocycles. The van der Waals surface area contributed by atoms with E-state index in [1.807, 2.05) is 24.3 Å². The molecule has 1 aliphatic heterocycles. The fraction of sp³-hybridized carbons (Fsp3) is 0.250. The molecule has 0 aromatic heterocycles. The van der Waals surface area contributed by atoms with Gasteiger partial charge in [-0.1, -0.05) is 35.3 Å². The standard InChI is InChI=1S/C16H13Cl3O2/c17-8-11-2-1-3-14(19)16(11)21-9-12-7-13(18)6-10-4-5-20-15(10)12/h1-3,6-7H,4-5,8-9H2. The minimum atomic E-state index is 0.344. The van der Waals surface area contributed by atoms with E-state index >= 15 is 0 Å². The van der Waals surface area contributed by atoms with Gasteiger partial charge in [0.25, 0.3) is 0 Å². The lowest BCUT2D eigenvalue weighted by molar-refractivity contribution is 0.290. The molecule has 0 N–H and O–H groups in total. The summed E-state index contributed by atoms with van der Waals surface area (Å²) in [5.41, 5.74) is 2.91. The van der Waals surface area contributed by atoms with Gasteiger partial charge in [0.2, 0.25) is 0 Å². The number of halogens is 3. The first-order valence-corrected chi connectivity index (χ1v) is 7.88. The van der Waals surface area contributed by atoms with Crippen molar-refractivity contribution in [2.24, 2.45) is 0 Å². The van der Waals surface area contributed by atoms with Gasteiger partial charge in [0.05, 0.1) is 17.5 Å². The van der Waals surface area contributed by atoms with Crippen molar-refractivity contribution < 1.29 is 9.47 Å². The maximum absolute atomic E-state index is 6.18. The van der Waals surface area contributed by atoms with E-state index in [1.54, 1.807) is 6.07 Å². The van der Waals surface area contributed by atoms with Gasteiger partial charge in [0.15, 0.2) is 0 Å². The summed E-state index contributed by atoms with van der Waals surface area (Å²) in [6, 6.07) is 9.34. The second kappa shape index (κ2) is 6.35. The molecule has 3 rings (SSSR count). The molecule has 5 heteroatoms. The Morgan fingerprint density at radius 2 is 2.00 bits per heavy atom. The number of benzene rings is 2. The van der Waals surface area contributed by atoms with E-state index in [0.717, 1.165) is 28.9 Å². The monoisotopic (exact) mass is 342 g/mol. The number of para-hydroxylation sites is 1. The lowest BCUT2D eigenvalue weighted by Crippen LogP contribution is -2.01. The lowest BCUT2D eigenvalue weighted by Gasteiger charge is -2.14. The van der Waals surface area contributed by atoms with Crippen LogP contribution < -0.4 is 9.47 Å². The molecule has 2 nitrogen and oxygen atoms in total. The van der Waals surface area contributed by atoms with Crippen molar-refractivity contribution in [1.29, 1.82) is 0 Å². The Balaban J connectivity index is 1.86. The van der Waals surface area contributed by atoms with E-state index in [9.17, 15) is 0 Å². The lowest BCUT2D eigenvalue weighted by atomic mass is 10.1. The highest BCUT2D eigenvalue weighted by atomic mass is 35.5. The number of hydrogen-bond acceptors (Lipinski definition) is 2. The van der Waals surface area contributed by atoms with Crippen molar-refractivity contribution in [1.82, 2.24) is 0 Å². The van der Waals surface area contributed by atoms with Crippen molar-refractivity contribution in [3.05, 3.63) is 57.1 Å². The second-order valence-corrected chi connectivity index (χ2v) is 5.91. The highest BCUT2D eigenvalue weighted by Crippen LogP contribution is 2.35. The van der Waals surface area contributed by atoms with Crippen LogP contribution in [0.4, 0.5) is 0 Å². The Labute approximate surface area is 138 Å². The molecule has 2 aromatic rings. The van der Waals surface area contributed by atoms with Crippen LogP contribution in [0.5, 0.6) is 11.5 Å². The molecule has 21 heavy (non-hydrogen) atoms. The van der Waals surface area contributed by atoms with Crippen LogP contribution in [0.3, 0.4) is 0 Å². The van der Waals surface area contributed by atoms with Gasteiger partial charge in [-0.3, -0.25) is 0 Å². The van der Waals surface area contributed by atoms with Gasteiger partial charge in [-0.25, -0.2) is 0 Å². The molecule has 0 unspecified atom stereocenters. The van der Waals surface area contributed by atoms with Crippen LogP contribution in [0.1, 0.15) is 16.7 Å². The normalized spacial score (nSPS) is 12.9. The van der Waals surface area contributed by atoms with Crippen LogP contribution in [0.15, 0.2) is 30.3 Å². The molecule has 0 bridgehead atoms. The fourth-order valence-electron chi connectivity index (χ4n) is 2.42. The summed E-state index contributed by atoms with van der Waals surface area (Å²) >= 11 is 18.2. The molecule has 0 spiro atoms. The molecule has 0 radical (unpaired) electrons. The highest BCUT2D eigenvalue weighted by Gasteiger charge is 2.18. The van der Waals surface area contributed by atoms with Gasteiger partial charge >= 0.3 is 0 Å². The first kappa shape index (κ1) is 14.8. The minimum absolute atomic E-state index is 0.344. The van der Waals surface area contributed by atoms with Gasteiger partial charge in [0, 0.05) is 22.6 Å². The Morgan fingerprint density at radius 3 is 2.81 bits per heavy atom. The average molecular weight is 344 g/mol. The van der Waals surface area contributed by atoms with E-state index in [2.05, 4.69) is 0 Å². The van der Waals surface area contributed by atoms with Crippen molar-refractivity contribution in [2.45, 2.75) is 18.9 Å². The summed E-state index contributed by atoms with van der Waals surface area (Å²) in [5, 5.41) is 1.24. The Kier molecular flexibility index (Phi) is 4.48. The molecule has 1 aliphatic rings. The molecule has 110 valence electrons. The summed E-state index contributed by atoms with van der Waals surface area (Å²) < 4.78 is 11.5. The van der Waals surface area contributed by atoms with Crippen LogP contribution in [0.2, 0.25) is 10.0 Å². The number of ether oxygens (including phenoxy) is 2. The fourth-order valence-corrected chi connectivity index (χ4v) is 3.15. The van der Waals surface area contributed by atoms with E-state index < -0.39 is 0 Å². The van der Waals surface area contributed by atoms with E-state index in [-0.39, 0.29) is 0 Å². The number of rotatable bonds is 4. The number of fused-ring (bicyclic) bond motifs is 1. The highest BCUT2D eigenvalue weighted by molar-refractivity contribution is 6.32. The summed E-state index contributed by atoms with van der Waals surface area (Å²) in [4.78, 5) is 0. The van der Waals surface area contributed by atoms with Crippen LogP contribution in [0.25, 0.3) is 0 Å². The largest absolute Gasteiger partial charge is 0.493 e. The predicted octanol–water partition coefficient (Wildman–Crippen LogP) is 5.25. The number of alkyl halides is 1. The molecule has 0 saturated carbocycles. The first-order chi connectivity index (χ1) is 10.2. The molecule has 0 fully saturated rings. The molecule has 2 aromatic carbocycles. The first-order valence-electron chi connectivity index (χ1n) is 6.59. The Hall–Kier alpha value is -1.09. The SMILES string of the molecule is ClCc1cccc(Cl)c1OCc1cc(Cl)cc2c1OCC2. The van der Waals surface area contributed by atoms with Crippen LogP contribution in [0, 0.1) is 0 Å². The van der Waals surface area contributed by atoms with Crippen molar-refractivity contribution in [3.8, 4) is 11.5 Å². The molecule has 0 aliphatic carbocycles. The average Bonchev–Trinajstić information content (AvgIpc) is 2.93. The number of hydrogen-bond donors (Lipinski definition) is 0. The summed E-state index contributed by atoms with van der Waals surface area (Å²) in [5.74, 6) is 1.83. The molecular formula is C16H13Cl3O2. The van der Waals surface area contributed by atoms with Gasteiger partial charge in [-0.2, -0.15) is 0 Å². The van der Waals surface area contributed by atoms with Crippen LogP contribution >= 0.6 is 34.8 Å². The van der Waals surface area contributed by atoms with Crippen molar-refractivity contribution in [2.75, 3.05) is 6.61 Å². The maximum Gasteiger partial charge on any atom is 0.142 e. The van der Waals surface area contributed by atoms with E-state index in [0.29, 0.717) is 34.9 Å². The van der Waals surface area contributed by atoms with Gasteiger partial charge < -0.3 is 9.47 Å². The summed E-state index contributed by atoms with van der Waals surface area (Å²) in [6.45, 7) is 1.03. The zero-order chi connectivity index (χ0) is 14.8. The molecule has 0 atom stereocenters. The molecule has 0 amide bonds. The minimum Gasteiger partial charge on any atom is -0.493 e. The molecular weight excluding hydrogens is 331 g/mol. The van der Waals surface area contributed by atoms with Gasteiger partial charge in [0.1, 0.15) is 18.1 Å². The van der Waals surface area contributed by atoms with E-state index in [1.165, 1.54) is 0 Å². The Morgan fingerprint density at radius 1 is 1.14 bits per heavy atom. The zero-order valence-corrected chi connectivity index (χ0v) is 13.4. The maximum atomic E-state index is 6.18. The van der Waals surface area contributed by atoms with Crippen molar-refractivity contribution >= 4 is 34.8 Å². The van der Waals surface area contributed by atoms with Crippen LogP contribution in [-0.4, -0.2) is 6.61 Å². The second-order valence-electron chi connectivity index (χ2n) is 4.80. The van der Waals surface area contributed by atoms with E-state index in [4.69, 9.17) is 44.3 Å². The quantitative estimate of drug-likeness (QED) is 0.706.